The lowest BCUT2D eigenvalue weighted by molar-refractivity contribution is 0.191. The van der Waals surface area contributed by atoms with Crippen LogP contribution >= 0.6 is 12.4 Å². The average molecular weight is 287 g/mol. The van der Waals surface area contributed by atoms with Gasteiger partial charge >= 0.3 is 0 Å². The smallest absolute Gasteiger partial charge is 0.123 e. The molecule has 4 heteroatoms. The van der Waals surface area contributed by atoms with Gasteiger partial charge in [-0.05, 0) is 56.6 Å². The molecular formula is C15H24ClFN2. The van der Waals surface area contributed by atoms with Crippen molar-refractivity contribution >= 4 is 12.4 Å². The van der Waals surface area contributed by atoms with Crippen LogP contribution in [0, 0.1) is 5.82 Å². The van der Waals surface area contributed by atoms with Gasteiger partial charge in [-0.15, -0.1) is 12.4 Å². The highest BCUT2D eigenvalue weighted by Crippen LogP contribution is 2.19. The summed E-state index contributed by atoms with van der Waals surface area (Å²) in [6.07, 6.45) is 2.46. The average Bonchev–Trinajstić information content (AvgIpc) is 2.40. The van der Waals surface area contributed by atoms with Crippen LogP contribution in [0.2, 0.25) is 0 Å². The highest BCUT2D eigenvalue weighted by Gasteiger charge is 2.19. The van der Waals surface area contributed by atoms with Crippen molar-refractivity contribution in [1.29, 1.82) is 0 Å². The van der Waals surface area contributed by atoms with Crippen LogP contribution in [0.25, 0.3) is 0 Å². The molecule has 1 unspecified atom stereocenters. The molecule has 1 saturated heterocycles. The zero-order valence-corrected chi connectivity index (χ0v) is 12.5. The van der Waals surface area contributed by atoms with Crippen molar-refractivity contribution in [3.8, 4) is 0 Å². The molecule has 1 aromatic carbocycles. The minimum absolute atomic E-state index is 0. The van der Waals surface area contributed by atoms with Crippen LogP contribution < -0.4 is 5.32 Å². The van der Waals surface area contributed by atoms with Crippen LogP contribution in [0.1, 0.15) is 31.2 Å². The second kappa shape index (κ2) is 7.83. The van der Waals surface area contributed by atoms with Crippen molar-refractivity contribution in [2.75, 3.05) is 26.7 Å². The molecule has 0 aromatic heterocycles. The number of halogens is 2. The van der Waals surface area contributed by atoms with Gasteiger partial charge in [0.1, 0.15) is 5.82 Å². The monoisotopic (exact) mass is 286 g/mol. The van der Waals surface area contributed by atoms with E-state index in [1.807, 2.05) is 12.1 Å². The molecule has 1 aromatic rings. The number of nitrogens with one attached hydrogen (secondary N) is 1. The quantitative estimate of drug-likeness (QED) is 0.915. The van der Waals surface area contributed by atoms with E-state index in [0.29, 0.717) is 12.0 Å². The molecule has 1 N–H and O–H groups in total. The summed E-state index contributed by atoms with van der Waals surface area (Å²) in [6.45, 7) is 5.50. The maximum absolute atomic E-state index is 12.9. The summed E-state index contributed by atoms with van der Waals surface area (Å²) in [4.78, 5) is 2.45. The summed E-state index contributed by atoms with van der Waals surface area (Å²) in [5.41, 5.74) is 1.22. The first-order chi connectivity index (χ1) is 8.66. The van der Waals surface area contributed by atoms with Crippen molar-refractivity contribution in [2.24, 2.45) is 0 Å². The number of piperidine rings is 1. The summed E-state index contributed by atoms with van der Waals surface area (Å²) in [5, 5.41) is 3.39. The zero-order chi connectivity index (χ0) is 13.0. The first-order valence-corrected chi connectivity index (χ1v) is 6.83. The lowest BCUT2D eigenvalue weighted by Crippen LogP contribution is -2.42. The topological polar surface area (TPSA) is 15.3 Å². The number of hydrogen-bond acceptors (Lipinski definition) is 2. The van der Waals surface area contributed by atoms with Crippen molar-refractivity contribution in [3.63, 3.8) is 0 Å². The molecule has 1 aliphatic rings. The fraction of sp³-hybridized carbons (Fsp3) is 0.600. The van der Waals surface area contributed by atoms with Gasteiger partial charge in [0.2, 0.25) is 0 Å². The van der Waals surface area contributed by atoms with Crippen LogP contribution in [0.15, 0.2) is 24.3 Å². The predicted octanol–water partition coefficient (Wildman–Crippen LogP) is 3.03. The van der Waals surface area contributed by atoms with Gasteiger partial charge in [0, 0.05) is 12.6 Å². The lowest BCUT2D eigenvalue weighted by atomic mass is 9.98. The van der Waals surface area contributed by atoms with E-state index in [-0.39, 0.29) is 18.2 Å². The molecule has 19 heavy (non-hydrogen) atoms. The van der Waals surface area contributed by atoms with E-state index in [4.69, 9.17) is 0 Å². The molecule has 2 nitrogen and oxygen atoms in total. The maximum atomic E-state index is 12.9. The van der Waals surface area contributed by atoms with Gasteiger partial charge in [0.05, 0.1) is 0 Å². The second-order valence-electron chi connectivity index (χ2n) is 5.37. The number of hydrogen-bond donors (Lipinski definition) is 1. The molecule has 0 radical (unpaired) electrons. The fourth-order valence-electron chi connectivity index (χ4n) is 2.73. The molecular weight excluding hydrogens is 263 g/mol. The third-order valence-corrected chi connectivity index (χ3v) is 3.93. The van der Waals surface area contributed by atoms with E-state index in [2.05, 4.69) is 24.2 Å². The van der Waals surface area contributed by atoms with E-state index in [1.165, 1.54) is 18.4 Å². The third-order valence-electron chi connectivity index (χ3n) is 3.93. The predicted molar refractivity (Wildman–Crippen MR) is 80.6 cm³/mol. The summed E-state index contributed by atoms with van der Waals surface area (Å²) < 4.78 is 12.9. The number of likely N-dealkylation sites (N-methyl/N-ethyl adjacent to an activating group) is 1. The SMILES string of the molecule is CC(CN(C)C1CCNCC1)c1ccc(F)cc1.Cl. The first kappa shape index (κ1) is 16.4. The molecule has 108 valence electrons. The molecule has 1 atom stereocenters. The van der Waals surface area contributed by atoms with Gasteiger partial charge < -0.3 is 10.2 Å². The molecule has 0 amide bonds. The van der Waals surface area contributed by atoms with Gasteiger partial charge in [-0.3, -0.25) is 0 Å². The van der Waals surface area contributed by atoms with Gasteiger partial charge in [0.15, 0.2) is 0 Å². The van der Waals surface area contributed by atoms with Crippen LogP contribution in [0.3, 0.4) is 0 Å². The minimum Gasteiger partial charge on any atom is -0.317 e. The third kappa shape index (κ3) is 4.75. The van der Waals surface area contributed by atoms with Gasteiger partial charge in [-0.25, -0.2) is 4.39 Å². The first-order valence-electron chi connectivity index (χ1n) is 6.83. The van der Waals surface area contributed by atoms with Crippen molar-refractivity contribution in [3.05, 3.63) is 35.6 Å². The second-order valence-corrected chi connectivity index (χ2v) is 5.37. The zero-order valence-electron chi connectivity index (χ0n) is 11.7. The summed E-state index contributed by atoms with van der Waals surface area (Å²) >= 11 is 0. The van der Waals surface area contributed by atoms with Crippen molar-refractivity contribution in [2.45, 2.75) is 31.7 Å². The Morgan fingerprint density at radius 3 is 2.42 bits per heavy atom. The normalized spacial score (nSPS) is 18.1. The minimum atomic E-state index is -0.155. The van der Waals surface area contributed by atoms with Crippen molar-refractivity contribution in [1.82, 2.24) is 10.2 Å². The Morgan fingerprint density at radius 2 is 1.84 bits per heavy atom. The van der Waals surface area contributed by atoms with E-state index in [0.717, 1.165) is 19.6 Å². The number of benzene rings is 1. The summed E-state index contributed by atoms with van der Waals surface area (Å²) in [7, 11) is 2.20. The van der Waals surface area contributed by atoms with Crippen molar-refractivity contribution < 1.29 is 4.39 Å². The molecule has 1 fully saturated rings. The lowest BCUT2D eigenvalue weighted by Gasteiger charge is -2.33. The molecule has 0 bridgehead atoms. The van der Waals surface area contributed by atoms with Crippen LogP contribution in [0.5, 0.6) is 0 Å². The van der Waals surface area contributed by atoms with E-state index in [1.54, 1.807) is 12.1 Å². The largest absolute Gasteiger partial charge is 0.317 e. The van der Waals surface area contributed by atoms with Crippen LogP contribution in [0.4, 0.5) is 4.39 Å². The molecule has 1 heterocycles. The van der Waals surface area contributed by atoms with E-state index < -0.39 is 0 Å². The number of nitrogens with zero attached hydrogens (tertiary/aromatic N) is 1. The standard InChI is InChI=1S/C15H23FN2.ClH/c1-12(13-3-5-14(16)6-4-13)11-18(2)15-7-9-17-10-8-15;/h3-6,12,15,17H,7-11H2,1-2H3;1H. The highest BCUT2D eigenvalue weighted by molar-refractivity contribution is 5.85. The highest BCUT2D eigenvalue weighted by atomic mass is 35.5. The summed E-state index contributed by atoms with van der Waals surface area (Å²) in [6, 6.07) is 7.59. The Balaban J connectivity index is 0.00000180. The summed E-state index contributed by atoms with van der Waals surface area (Å²) in [5.74, 6) is 0.295. The van der Waals surface area contributed by atoms with Crippen LogP contribution in [-0.4, -0.2) is 37.6 Å². The number of rotatable bonds is 4. The maximum Gasteiger partial charge on any atom is 0.123 e. The molecule has 0 aliphatic carbocycles. The fourth-order valence-corrected chi connectivity index (χ4v) is 2.73. The van der Waals surface area contributed by atoms with E-state index >= 15 is 0 Å². The Hall–Kier alpha value is -0.640. The van der Waals surface area contributed by atoms with Gasteiger partial charge in [-0.2, -0.15) is 0 Å². The molecule has 0 saturated carbocycles. The van der Waals surface area contributed by atoms with Gasteiger partial charge in [-0.1, -0.05) is 19.1 Å². The van der Waals surface area contributed by atoms with Gasteiger partial charge in [0.25, 0.3) is 0 Å². The van der Waals surface area contributed by atoms with E-state index in [9.17, 15) is 4.39 Å². The molecule has 0 spiro atoms. The Morgan fingerprint density at radius 1 is 1.26 bits per heavy atom. The van der Waals surface area contributed by atoms with Crippen LogP contribution in [-0.2, 0) is 0 Å². The molecule has 2 rings (SSSR count). The molecule has 1 aliphatic heterocycles. The Labute approximate surface area is 121 Å². The Kier molecular flexibility index (Phi) is 6.76. The Bertz CT molecular complexity index is 363.